The Hall–Kier alpha value is -1.50. The Bertz CT molecular complexity index is 450. The molecule has 1 heteroatoms. The van der Waals surface area contributed by atoms with Crippen molar-refractivity contribution in [2.45, 2.75) is 34.6 Å². The molecular weight excluding hydrogens is 215 g/mol. The Morgan fingerprint density at radius 2 is 1.44 bits per heavy atom. The monoisotopic (exact) mass is 240 g/mol. The van der Waals surface area contributed by atoms with Crippen LogP contribution in [0.15, 0.2) is 70.8 Å². The molecule has 0 heterocycles. The minimum absolute atomic E-state index is 1.20. The van der Waals surface area contributed by atoms with E-state index in [4.69, 9.17) is 0 Å². The molecule has 0 bridgehead atoms. The lowest BCUT2D eigenvalue weighted by Crippen LogP contribution is -1.94. The summed E-state index contributed by atoms with van der Waals surface area (Å²) in [5.41, 5.74) is 7.74. The van der Waals surface area contributed by atoms with Crippen LogP contribution >= 0.6 is 0 Å². The molecule has 0 radical (unpaired) electrons. The van der Waals surface area contributed by atoms with Crippen LogP contribution in [-0.4, -0.2) is 7.85 Å². The average Bonchev–Trinajstić information content (AvgIpc) is 2.34. The van der Waals surface area contributed by atoms with E-state index in [0.717, 1.165) is 0 Å². The fraction of sp³-hybridized carbons (Fsp3) is 0.294. The molecule has 0 aromatic rings. The summed E-state index contributed by atoms with van der Waals surface area (Å²) in [6, 6.07) is 0. The summed E-state index contributed by atoms with van der Waals surface area (Å²) in [6.07, 6.45) is 7.74. The highest BCUT2D eigenvalue weighted by Crippen LogP contribution is 2.25. The smallest absolute Gasteiger partial charge is 0.110 e. The van der Waals surface area contributed by atoms with Crippen LogP contribution in [0.3, 0.4) is 0 Å². The van der Waals surface area contributed by atoms with Gasteiger partial charge in [0.05, 0.1) is 0 Å². The van der Waals surface area contributed by atoms with E-state index >= 15 is 0 Å². The summed E-state index contributed by atoms with van der Waals surface area (Å²) in [7, 11) is 2.15. The summed E-state index contributed by atoms with van der Waals surface area (Å²) in [5.74, 6) is 0. The lowest BCUT2D eigenvalue weighted by atomic mass is 9.86. The maximum Gasteiger partial charge on any atom is 0.133 e. The normalized spacial score (nSPS) is 15.8. The topological polar surface area (TPSA) is 0 Å². The van der Waals surface area contributed by atoms with Crippen LogP contribution < -0.4 is 0 Å². The van der Waals surface area contributed by atoms with Gasteiger partial charge in [-0.2, -0.15) is 0 Å². The van der Waals surface area contributed by atoms with Gasteiger partial charge in [0.2, 0.25) is 0 Å². The Balaban J connectivity index is 5.79. The summed E-state index contributed by atoms with van der Waals surface area (Å²) < 4.78 is 0. The molecular formula is C17H25B. The van der Waals surface area contributed by atoms with Gasteiger partial charge in [-0.3, -0.25) is 0 Å². The SMILES string of the molecule is B/C(C)=C(C)/C(C)=C(\C)C(C=C)=C(C)/C=C\C=C. The fourth-order valence-corrected chi connectivity index (χ4v) is 1.77. The van der Waals surface area contributed by atoms with Crippen molar-refractivity contribution < 1.29 is 0 Å². The zero-order valence-corrected chi connectivity index (χ0v) is 12.7. The summed E-state index contributed by atoms with van der Waals surface area (Å²) in [4.78, 5) is 0. The quantitative estimate of drug-likeness (QED) is 0.490. The third-order valence-corrected chi connectivity index (χ3v) is 3.39. The second-order valence-corrected chi connectivity index (χ2v) is 4.77. The first-order valence-corrected chi connectivity index (χ1v) is 6.31. The molecule has 0 aliphatic rings. The van der Waals surface area contributed by atoms with Gasteiger partial charge >= 0.3 is 0 Å². The molecule has 0 aromatic heterocycles. The van der Waals surface area contributed by atoms with E-state index in [9.17, 15) is 0 Å². The van der Waals surface area contributed by atoms with E-state index in [2.05, 4.69) is 61.7 Å². The fourth-order valence-electron chi connectivity index (χ4n) is 1.77. The highest BCUT2D eigenvalue weighted by Gasteiger charge is 2.05. The molecule has 0 aromatic carbocycles. The third kappa shape index (κ3) is 4.41. The van der Waals surface area contributed by atoms with E-state index in [1.807, 2.05) is 12.2 Å². The molecule has 0 amide bonds. The largest absolute Gasteiger partial charge is 0.133 e. The minimum Gasteiger partial charge on any atom is -0.110 e. The van der Waals surface area contributed by atoms with Gasteiger partial charge in [0.1, 0.15) is 7.85 Å². The Morgan fingerprint density at radius 3 is 1.83 bits per heavy atom. The van der Waals surface area contributed by atoms with Crippen LogP contribution in [0.1, 0.15) is 34.6 Å². The van der Waals surface area contributed by atoms with E-state index in [0.29, 0.717) is 0 Å². The Morgan fingerprint density at radius 1 is 0.889 bits per heavy atom. The second kappa shape index (κ2) is 7.76. The van der Waals surface area contributed by atoms with Crippen molar-refractivity contribution in [2.75, 3.05) is 0 Å². The molecule has 0 unspecified atom stereocenters. The molecule has 0 spiro atoms. The highest BCUT2D eigenvalue weighted by atomic mass is 14.1. The molecule has 0 saturated carbocycles. The highest BCUT2D eigenvalue weighted by molar-refractivity contribution is 6.21. The first-order chi connectivity index (χ1) is 8.36. The molecule has 0 N–H and O–H groups in total. The predicted molar refractivity (Wildman–Crippen MR) is 87.5 cm³/mol. The molecule has 0 fully saturated rings. The van der Waals surface area contributed by atoms with Gasteiger partial charge in [-0.05, 0) is 50.0 Å². The van der Waals surface area contributed by atoms with Crippen molar-refractivity contribution in [1.29, 1.82) is 0 Å². The molecule has 0 nitrogen and oxygen atoms in total. The molecule has 0 rings (SSSR count). The van der Waals surface area contributed by atoms with Crippen molar-refractivity contribution in [3.63, 3.8) is 0 Å². The molecule has 0 aliphatic heterocycles. The molecule has 0 atom stereocenters. The Labute approximate surface area is 114 Å². The summed E-state index contributed by atoms with van der Waals surface area (Å²) in [6.45, 7) is 18.4. The van der Waals surface area contributed by atoms with Gasteiger partial charge in [0, 0.05) is 0 Å². The Kier molecular flexibility index (Phi) is 7.11. The van der Waals surface area contributed by atoms with E-state index in [1.165, 1.54) is 33.3 Å². The zero-order valence-electron chi connectivity index (χ0n) is 12.7. The van der Waals surface area contributed by atoms with Crippen molar-refractivity contribution in [2.24, 2.45) is 0 Å². The van der Waals surface area contributed by atoms with E-state index < -0.39 is 0 Å². The van der Waals surface area contributed by atoms with Crippen molar-refractivity contribution >= 4 is 7.85 Å². The standard InChI is InChI=1S/C17H25B/c1-8-10-11-12(3)17(9-2)15(6)13(4)14(5)16(7)18/h8-11H,1-2,18H2,3-7H3/b11-10-,15-13+,16-14+,17-12?. The van der Waals surface area contributed by atoms with Crippen LogP contribution in [0.25, 0.3) is 0 Å². The van der Waals surface area contributed by atoms with Crippen LogP contribution in [0.4, 0.5) is 0 Å². The third-order valence-electron chi connectivity index (χ3n) is 3.39. The maximum absolute atomic E-state index is 3.93. The lowest BCUT2D eigenvalue weighted by Gasteiger charge is -2.13. The average molecular weight is 240 g/mol. The van der Waals surface area contributed by atoms with Gasteiger partial charge in [0.25, 0.3) is 0 Å². The summed E-state index contributed by atoms with van der Waals surface area (Å²) >= 11 is 0. The second-order valence-electron chi connectivity index (χ2n) is 4.77. The maximum atomic E-state index is 3.93. The minimum atomic E-state index is 1.20. The van der Waals surface area contributed by atoms with Crippen LogP contribution in [0.5, 0.6) is 0 Å². The lowest BCUT2D eigenvalue weighted by molar-refractivity contribution is 1.21. The zero-order chi connectivity index (χ0) is 14.3. The molecule has 18 heavy (non-hydrogen) atoms. The van der Waals surface area contributed by atoms with Crippen LogP contribution in [0.2, 0.25) is 0 Å². The molecule has 0 saturated heterocycles. The molecule has 0 aliphatic carbocycles. The predicted octanol–water partition coefficient (Wildman–Crippen LogP) is 4.49. The van der Waals surface area contributed by atoms with Crippen molar-refractivity contribution in [3.8, 4) is 0 Å². The van der Waals surface area contributed by atoms with Gasteiger partial charge in [-0.1, -0.05) is 50.0 Å². The van der Waals surface area contributed by atoms with Crippen molar-refractivity contribution in [3.05, 3.63) is 70.8 Å². The van der Waals surface area contributed by atoms with Gasteiger partial charge in [-0.15, -0.1) is 5.47 Å². The van der Waals surface area contributed by atoms with Crippen LogP contribution in [0, 0.1) is 0 Å². The first kappa shape index (κ1) is 16.5. The number of hydrogen-bond acceptors (Lipinski definition) is 0. The van der Waals surface area contributed by atoms with E-state index in [-0.39, 0.29) is 0 Å². The van der Waals surface area contributed by atoms with E-state index in [1.54, 1.807) is 6.08 Å². The van der Waals surface area contributed by atoms with Crippen molar-refractivity contribution in [1.82, 2.24) is 0 Å². The van der Waals surface area contributed by atoms with Gasteiger partial charge in [0.15, 0.2) is 0 Å². The van der Waals surface area contributed by atoms with Gasteiger partial charge in [-0.25, -0.2) is 0 Å². The first-order valence-electron chi connectivity index (χ1n) is 6.31. The van der Waals surface area contributed by atoms with Crippen LogP contribution in [-0.2, 0) is 0 Å². The number of rotatable bonds is 5. The van der Waals surface area contributed by atoms with Gasteiger partial charge < -0.3 is 0 Å². The number of hydrogen-bond donors (Lipinski definition) is 0. The number of allylic oxidation sites excluding steroid dienone is 10. The summed E-state index contributed by atoms with van der Waals surface area (Å²) in [5, 5.41) is 0. The molecule has 96 valence electrons.